The number of cyclic esters (lactones) is 1. The summed E-state index contributed by atoms with van der Waals surface area (Å²) in [7, 11) is 0. The van der Waals surface area contributed by atoms with Crippen LogP contribution >= 0.6 is 0 Å². The zero-order valence-corrected chi connectivity index (χ0v) is 10.1. The molecule has 18 heavy (non-hydrogen) atoms. The maximum absolute atomic E-state index is 10.5. The molecule has 5 nitrogen and oxygen atoms in total. The lowest BCUT2D eigenvalue weighted by Crippen LogP contribution is -2.02. The molecule has 1 heterocycles. The van der Waals surface area contributed by atoms with Gasteiger partial charge in [-0.05, 0) is 32.1 Å². The molecule has 2 aliphatic rings. The molecule has 0 amide bonds. The molecule has 0 N–H and O–H groups in total. The first kappa shape index (κ1) is 19.1. The summed E-state index contributed by atoms with van der Waals surface area (Å²) in [6, 6.07) is 0. The number of hydrogen-bond acceptors (Lipinski definition) is 5. The first-order chi connectivity index (χ1) is 8.29. The number of carbonyl (C=O) groups excluding carboxylic acids is 2. The number of esters is 1. The highest BCUT2D eigenvalue weighted by Crippen LogP contribution is 2.12. The maximum atomic E-state index is 10.5. The lowest BCUT2D eigenvalue weighted by molar-refractivity contribution is -0.142. The summed E-state index contributed by atoms with van der Waals surface area (Å²) in [5.74, 6) is 0.439. The van der Waals surface area contributed by atoms with Crippen molar-refractivity contribution in [2.24, 2.45) is 0 Å². The minimum atomic E-state index is -0.0255. The van der Waals surface area contributed by atoms with E-state index >= 15 is 0 Å². The number of Topliss-reactive ketones (excluding diaryl/α,β-unsaturated/α-hetero) is 1. The van der Waals surface area contributed by atoms with E-state index in [-0.39, 0.29) is 13.4 Å². The third kappa shape index (κ3) is 11.2. The van der Waals surface area contributed by atoms with Gasteiger partial charge in [0.05, 0.1) is 6.61 Å². The van der Waals surface area contributed by atoms with Gasteiger partial charge in [0.25, 0.3) is 0 Å². The fourth-order valence-corrected chi connectivity index (χ4v) is 1.75. The van der Waals surface area contributed by atoms with E-state index in [4.69, 9.17) is 14.7 Å². The van der Waals surface area contributed by atoms with Gasteiger partial charge in [-0.2, -0.15) is 0 Å². The Balaban J connectivity index is 0. The predicted octanol–water partition coefficient (Wildman–Crippen LogP) is 3.33. The average Bonchev–Trinajstić information content (AvgIpc) is 2.61. The normalized spacial score (nSPS) is 18.7. The third-order valence-electron chi connectivity index (χ3n) is 2.70. The molecule has 5 heteroatoms. The third-order valence-corrected chi connectivity index (χ3v) is 2.70. The Morgan fingerprint density at radius 2 is 1.22 bits per heavy atom. The van der Waals surface area contributed by atoms with Crippen molar-refractivity contribution in [3.63, 3.8) is 0 Å². The van der Waals surface area contributed by atoms with Crippen molar-refractivity contribution < 1.29 is 14.3 Å². The van der Waals surface area contributed by atoms with E-state index in [2.05, 4.69) is 0 Å². The number of rotatable bonds is 0. The molecule has 1 saturated carbocycles. The first-order valence-corrected chi connectivity index (χ1v) is 6.13. The topological polar surface area (TPSA) is 77.5 Å². The fraction of sp³-hybridized carbons (Fsp3) is 0.846. The Bertz CT molecular complexity index is 209. The number of ether oxygens (including phenoxy) is 1. The molecule has 0 radical (unpaired) electrons. The van der Waals surface area contributed by atoms with Gasteiger partial charge < -0.3 is 4.74 Å². The molecule has 1 aliphatic heterocycles. The summed E-state index contributed by atoms with van der Waals surface area (Å²) >= 11 is 0. The van der Waals surface area contributed by atoms with Crippen molar-refractivity contribution in [3.05, 3.63) is 9.93 Å². The van der Waals surface area contributed by atoms with Crippen LogP contribution in [0.25, 0.3) is 0 Å². The standard InChI is InChI=1S/C6H10O2.C6H10O.CH4.O2/c7-6-4-2-1-3-5-8-6;7-6-4-2-1-3-5-6;;1-2/h1-5H2;1-5H2;1H4;. The van der Waals surface area contributed by atoms with Crippen LogP contribution in [0.1, 0.15) is 65.2 Å². The van der Waals surface area contributed by atoms with Gasteiger partial charge in [-0.15, -0.1) is 0 Å². The summed E-state index contributed by atoms with van der Waals surface area (Å²) in [4.78, 5) is 34.9. The highest BCUT2D eigenvalue weighted by Gasteiger charge is 2.06. The van der Waals surface area contributed by atoms with E-state index in [0.717, 1.165) is 44.9 Å². The molecule has 0 aromatic rings. The van der Waals surface area contributed by atoms with Crippen LogP contribution in [0.2, 0.25) is 0 Å². The van der Waals surface area contributed by atoms with Crippen LogP contribution in [0, 0.1) is 9.93 Å². The van der Waals surface area contributed by atoms with Crippen molar-refractivity contribution in [1.82, 2.24) is 0 Å². The smallest absolute Gasteiger partial charge is 0.305 e. The van der Waals surface area contributed by atoms with E-state index in [0.29, 0.717) is 18.8 Å². The predicted molar refractivity (Wildman–Crippen MR) is 71.0 cm³/mol. The summed E-state index contributed by atoms with van der Waals surface area (Å²) in [6.45, 7) is 0.638. The van der Waals surface area contributed by atoms with Crippen LogP contribution in [0.15, 0.2) is 0 Å². The zero-order chi connectivity index (χ0) is 12.9. The summed E-state index contributed by atoms with van der Waals surface area (Å²) in [5.41, 5.74) is 0. The van der Waals surface area contributed by atoms with Gasteiger partial charge in [-0.1, -0.05) is 13.8 Å². The van der Waals surface area contributed by atoms with E-state index in [9.17, 15) is 9.59 Å². The van der Waals surface area contributed by atoms with Crippen molar-refractivity contribution in [1.29, 1.82) is 0 Å². The molecule has 1 saturated heterocycles. The van der Waals surface area contributed by atoms with Gasteiger partial charge in [0.2, 0.25) is 0 Å². The van der Waals surface area contributed by atoms with Crippen LogP contribution in [0.5, 0.6) is 0 Å². The highest BCUT2D eigenvalue weighted by molar-refractivity contribution is 5.78. The zero-order valence-electron chi connectivity index (χ0n) is 10.1. The Morgan fingerprint density at radius 3 is 1.72 bits per heavy atom. The van der Waals surface area contributed by atoms with Crippen molar-refractivity contribution in [3.8, 4) is 0 Å². The second-order valence-electron chi connectivity index (χ2n) is 4.13. The maximum Gasteiger partial charge on any atom is 0.305 e. The SMILES string of the molecule is C.O=C1CCCCC1.O=C1CCCCCO1.O=O. The summed E-state index contributed by atoms with van der Waals surface area (Å²) in [5, 5.41) is 0. The minimum Gasteiger partial charge on any atom is -0.466 e. The number of carbonyl (C=O) groups is 2. The molecule has 0 aromatic carbocycles. The molecular weight excluding hydrogens is 236 g/mol. The minimum absolute atomic E-state index is 0. The second-order valence-corrected chi connectivity index (χ2v) is 4.13. The summed E-state index contributed by atoms with van der Waals surface area (Å²) < 4.78 is 4.76. The lowest BCUT2D eigenvalue weighted by Gasteiger charge is -2.05. The van der Waals surface area contributed by atoms with Crippen molar-refractivity contribution in [2.75, 3.05) is 6.61 Å². The number of hydrogen-bond donors (Lipinski definition) is 0. The molecular formula is C13H24O5. The molecule has 2 fully saturated rings. The molecule has 0 spiro atoms. The van der Waals surface area contributed by atoms with Crippen LogP contribution in [0.3, 0.4) is 0 Å². The van der Waals surface area contributed by atoms with E-state index < -0.39 is 0 Å². The largest absolute Gasteiger partial charge is 0.466 e. The molecule has 0 unspecified atom stereocenters. The highest BCUT2D eigenvalue weighted by atomic mass is 16.7. The monoisotopic (exact) mass is 260 g/mol. The van der Waals surface area contributed by atoms with Gasteiger partial charge in [0, 0.05) is 29.2 Å². The first-order valence-electron chi connectivity index (χ1n) is 6.13. The average molecular weight is 260 g/mol. The van der Waals surface area contributed by atoms with E-state index in [1.165, 1.54) is 6.42 Å². The molecule has 0 bridgehead atoms. The van der Waals surface area contributed by atoms with E-state index in [1.807, 2.05) is 0 Å². The van der Waals surface area contributed by atoms with Gasteiger partial charge in [0.1, 0.15) is 5.78 Å². The molecule has 2 rings (SSSR count). The molecule has 1 aliphatic carbocycles. The lowest BCUT2D eigenvalue weighted by atomic mass is 10.00. The molecule has 0 atom stereocenters. The van der Waals surface area contributed by atoms with Gasteiger partial charge in [-0.25, -0.2) is 0 Å². The Kier molecular flexibility index (Phi) is 14.6. The van der Waals surface area contributed by atoms with Crippen LogP contribution < -0.4 is 0 Å². The fourth-order valence-electron chi connectivity index (χ4n) is 1.75. The van der Waals surface area contributed by atoms with Gasteiger partial charge >= 0.3 is 5.97 Å². The molecule has 106 valence electrons. The quantitative estimate of drug-likeness (QED) is 0.624. The van der Waals surface area contributed by atoms with Gasteiger partial charge in [0.15, 0.2) is 0 Å². The second kappa shape index (κ2) is 13.8. The Hall–Kier alpha value is -1.26. The molecule has 0 aromatic heterocycles. The van der Waals surface area contributed by atoms with Crippen molar-refractivity contribution in [2.45, 2.75) is 65.2 Å². The van der Waals surface area contributed by atoms with Crippen molar-refractivity contribution >= 4 is 11.8 Å². The Labute approximate surface area is 108 Å². The van der Waals surface area contributed by atoms with E-state index in [1.54, 1.807) is 0 Å². The Morgan fingerprint density at radius 1 is 0.722 bits per heavy atom. The summed E-state index contributed by atoms with van der Waals surface area (Å²) in [6.07, 6.45) is 9.07. The van der Waals surface area contributed by atoms with Gasteiger partial charge in [-0.3, -0.25) is 9.59 Å². The van der Waals surface area contributed by atoms with Crippen LogP contribution in [0.4, 0.5) is 0 Å². The van der Waals surface area contributed by atoms with Crippen LogP contribution in [-0.2, 0) is 14.3 Å². The van der Waals surface area contributed by atoms with Crippen LogP contribution in [-0.4, -0.2) is 18.4 Å². The number of ketones is 1.